The Kier molecular flexibility index (Phi) is 6.42. The number of aromatic nitrogens is 4. The molecule has 160 valence electrons. The van der Waals surface area contributed by atoms with Gasteiger partial charge in [0, 0.05) is 22.5 Å². The fourth-order valence-electron chi connectivity index (χ4n) is 3.12. The highest BCUT2D eigenvalue weighted by atomic mass is 32.2. The summed E-state index contributed by atoms with van der Waals surface area (Å²) in [6.45, 7) is 3.89. The standard InChI is InChI=1S/C24H21N5O2S/c1-16-14-17(2)29(28-16)22-12-13-23(27-26-22)32-15-21(30)18-8-10-20(11-9-18)25-24(31)19-6-4-3-5-7-19/h3-14H,15H2,1-2H3,(H,25,31). The first-order valence-corrected chi connectivity index (χ1v) is 11.0. The summed E-state index contributed by atoms with van der Waals surface area (Å²) < 4.78 is 1.74. The molecular formula is C24H21N5O2S. The summed E-state index contributed by atoms with van der Waals surface area (Å²) in [4.78, 5) is 24.8. The Morgan fingerprint density at radius 2 is 1.66 bits per heavy atom. The Bertz CT molecular complexity index is 1240. The molecule has 2 aromatic carbocycles. The topological polar surface area (TPSA) is 89.8 Å². The van der Waals surface area contributed by atoms with Gasteiger partial charge in [0.1, 0.15) is 5.03 Å². The van der Waals surface area contributed by atoms with Gasteiger partial charge in [0.2, 0.25) is 0 Å². The summed E-state index contributed by atoms with van der Waals surface area (Å²) in [6.07, 6.45) is 0. The molecule has 0 unspecified atom stereocenters. The van der Waals surface area contributed by atoms with Gasteiger partial charge in [-0.05, 0) is 68.4 Å². The van der Waals surface area contributed by atoms with Crippen LogP contribution in [0.5, 0.6) is 0 Å². The van der Waals surface area contributed by atoms with Crippen LogP contribution in [0.25, 0.3) is 5.82 Å². The lowest BCUT2D eigenvalue weighted by atomic mass is 10.1. The number of amides is 1. The molecule has 0 spiro atoms. The molecule has 0 saturated carbocycles. The zero-order valence-corrected chi connectivity index (χ0v) is 18.5. The van der Waals surface area contributed by atoms with Crippen LogP contribution in [0, 0.1) is 13.8 Å². The van der Waals surface area contributed by atoms with Crippen molar-refractivity contribution in [2.24, 2.45) is 0 Å². The van der Waals surface area contributed by atoms with E-state index < -0.39 is 0 Å². The lowest BCUT2D eigenvalue weighted by Crippen LogP contribution is -2.11. The third-order valence-corrected chi connectivity index (χ3v) is 5.62. The Morgan fingerprint density at radius 1 is 0.906 bits per heavy atom. The number of hydrogen-bond donors (Lipinski definition) is 1. The Morgan fingerprint density at radius 3 is 2.28 bits per heavy atom. The van der Waals surface area contributed by atoms with Gasteiger partial charge in [-0.15, -0.1) is 10.2 Å². The van der Waals surface area contributed by atoms with E-state index in [0.717, 1.165) is 11.4 Å². The van der Waals surface area contributed by atoms with Crippen molar-refractivity contribution in [3.05, 3.63) is 95.3 Å². The number of nitrogens with one attached hydrogen (secondary N) is 1. The molecule has 0 atom stereocenters. The molecule has 4 aromatic rings. The fourth-order valence-corrected chi connectivity index (χ4v) is 3.83. The first-order valence-electron chi connectivity index (χ1n) is 9.99. The van der Waals surface area contributed by atoms with Crippen molar-refractivity contribution in [3.8, 4) is 5.82 Å². The summed E-state index contributed by atoms with van der Waals surface area (Å²) in [5, 5.41) is 16.3. The maximum absolute atomic E-state index is 12.5. The number of aryl methyl sites for hydroxylation is 2. The largest absolute Gasteiger partial charge is 0.322 e. The van der Waals surface area contributed by atoms with Crippen molar-refractivity contribution in [2.45, 2.75) is 18.9 Å². The van der Waals surface area contributed by atoms with Gasteiger partial charge in [0.15, 0.2) is 11.6 Å². The molecule has 0 saturated heterocycles. The van der Waals surface area contributed by atoms with Crippen molar-refractivity contribution >= 4 is 29.1 Å². The second-order valence-electron chi connectivity index (χ2n) is 7.18. The summed E-state index contributed by atoms with van der Waals surface area (Å²) in [5.74, 6) is 0.659. The number of benzene rings is 2. The van der Waals surface area contributed by atoms with Crippen molar-refractivity contribution < 1.29 is 9.59 Å². The van der Waals surface area contributed by atoms with E-state index in [1.807, 2.05) is 50.2 Å². The molecule has 4 rings (SSSR count). The zero-order chi connectivity index (χ0) is 22.5. The summed E-state index contributed by atoms with van der Waals surface area (Å²) in [6, 6.07) is 21.5. The molecule has 1 amide bonds. The highest BCUT2D eigenvalue weighted by Crippen LogP contribution is 2.19. The van der Waals surface area contributed by atoms with E-state index in [9.17, 15) is 9.59 Å². The van der Waals surface area contributed by atoms with Crippen LogP contribution < -0.4 is 5.32 Å². The average molecular weight is 444 g/mol. The fraction of sp³-hybridized carbons (Fsp3) is 0.125. The van der Waals surface area contributed by atoms with Crippen LogP contribution in [0.15, 0.2) is 77.8 Å². The normalized spacial score (nSPS) is 10.7. The molecule has 1 N–H and O–H groups in total. The van der Waals surface area contributed by atoms with Gasteiger partial charge in [0.25, 0.3) is 5.91 Å². The highest BCUT2D eigenvalue weighted by Gasteiger charge is 2.11. The number of carbonyl (C=O) groups excluding carboxylic acids is 2. The lowest BCUT2D eigenvalue weighted by Gasteiger charge is -2.07. The van der Waals surface area contributed by atoms with E-state index in [-0.39, 0.29) is 17.4 Å². The second kappa shape index (κ2) is 9.57. The predicted molar refractivity (Wildman–Crippen MR) is 125 cm³/mol. The van der Waals surface area contributed by atoms with E-state index in [0.29, 0.717) is 27.7 Å². The van der Waals surface area contributed by atoms with E-state index in [1.165, 1.54) is 11.8 Å². The zero-order valence-electron chi connectivity index (χ0n) is 17.6. The molecule has 2 heterocycles. The van der Waals surface area contributed by atoms with Crippen molar-refractivity contribution in [3.63, 3.8) is 0 Å². The number of Topliss-reactive ketones (excluding diaryl/α,β-unsaturated/α-hetero) is 1. The number of rotatable bonds is 7. The third-order valence-electron chi connectivity index (χ3n) is 4.70. The SMILES string of the molecule is Cc1cc(C)n(-c2ccc(SCC(=O)c3ccc(NC(=O)c4ccccc4)cc3)nn2)n1. The van der Waals surface area contributed by atoms with Gasteiger partial charge in [0.05, 0.1) is 11.4 Å². The second-order valence-corrected chi connectivity index (χ2v) is 8.17. The first kappa shape index (κ1) is 21.5. The van der Waals surface area contributed by atoms with Crippen LogP contribution in [0.3, 0.4) is 0 Å². The van der Waals surface area contributed by atoms with E-state index in [2.05, 4.69) is 20.6 Å². The minimum absolute atomic E-state index is 0.0274. The third kappa shape index (κ3) is 5.09. The quantitative estimate of drug-likeness (QED) is 0.334. The summed E-state index contributed by atoms with van der Waals surface area (Å²) in [7, 11) is 0. The van der Waals surface area contributed by atoms with Crippen molar-refractivity contribution in [1.82, 2.24) is 20.0 Å². The van der Waals surface area contributed by atoms with Gasteiger partial charge >= 0.3 is 0 Å². The van der Waals surface area contributed by atoms with E-state index >= 15 is 0 Å². The van der Waals surface area contributed by atoms with Gasteiger partial charge in [-0.1, -0.05) is 30.0 Å². The molecule has 8 heteroatoms. The highest BCUT2D eigenvalue weighted by molar-refractivity contribution is 7.99. The molecule has 0 bridgehead atoms. The van der Waals surface area contributed by atoms with Crippen molar-refractivity contribution in [1.29, 1.82) is 0 Å². The van der Waals surface area contributed by atoms with Crippen molar-refractivity contribution in [2.75, 3.05) is 11.1 Å². The maximum Gasteiger partial charge on any atom is 0.255 e. The monoisotopic (exact) mass is 443 g/mol. The van der Waals surface area contributed by atoms with Gasteiger partial charge in [-0.3, -0.25) is 9.59 Å². The van der Waals surface area contributed by atoms with Gasteiger partial charge in [-0.25, -0.2) is 4.68 Å². The minimum Gasteiger partial charge on any atom is -0.322 e. The van der Waals surface area contributed by atoms with E-state index in [4.69, 9.17) is 0 Å². The number of nitrogens with zero attached hydrogens (tertiary/aromatic N) is 4. The molecule has 0 aliphatic carbocycles. The Labute approximate surface area is 189 Å². The van der Waals surface area contributed by atoms with Gasteiger partial charge < -0.3 is 5.32 Å². The number of ketones is 1. The van der Waals surface area contributed by atoms with Gasteiger partial charge in [-0.2, -0.15) is 5.10 Å². The first-order chi connectivity index (χ1) is 15.5. The van der Waals surface area contributed by atoms with Crippen LogP contribution in [-0.2, 0) is 0 Å². The van der Waals surface area contributed by atoms with E-state index in [1.54, 1.807) is 41.1 Å². The summed E-state index contributed by atoms with van der Waals surface area (Å²) in [5.41, 5.74) is 3.68. The molecule has 0 aliphatic rings. The lowest BCUT2D eigenvalue weighted by molar-refractivity contribution is 0.101. The number of thioether (sulfide) groups is 1. The average Bonchev–Trinajstić information content (AvgIpc) is 3.16. The molecule has 7 nitrogen and oxygen atoms in total. The molecule has 0 fully saturated rings. The number of hydrogen-bond acceptors (Lipinski definition) is 6. The molecular weight excluding hydrogens is 422 g/mol. The predicted octanol–water partition coefficient (Wildman–Crippen LogP) is 4.51. The molecule has 32 heavy (non-hydrogen) atoms. The maximum atomic E-state index is 12.5. The Hall–Kier alpha value is -3.78. The van der Waals surface area contributed by atoms with Crippen LogP contribution in [0.1, 0.15) is 32.1 Å². The molecule has 0 radical (unpaired) electrons. The smallest absolute Gasteiger partial charge is 0.255 e. The van der Waals surface area contributed by atoms with Crippen LogP contribution in [-0.4, -0.2) is 37.4 Å². The number of carbonyl (C=O) groups is 2. The minimum atomic E-state index is -0.192. The van der Waals surface area contributed by atoms with Crippen LogP contribution in [0.4, 0.5) is 5.69 Å². The molecule has 2 aromatic heterocycles. The summed E-state index contributed by atoms with van der Waals surface area (Å²) >= 11 is 1.33. The van der Waals surface area contributed by atoms with Crippen LogP contribution in [0.2, 0.25) is 0 Å². The van der Waals surface area contributed by atoms with Crippen LogP contribution >= 0.6 is 11.8 Å². The molecule has 0 aliphatic heterocycles. The number of anilines is 1. The Balaban J connectivity index is 1.33.